The predicted octanol–water partition coefficient (Wildman–Crippen LogP) is 1.49. The highest BCUT2D eigenvalue weighted by Crippen LogP contribution is 2.21. The Kier molecular flexibility index (Phi) is 4.07. The number of rotatable bonds is 3. The summed E-state index contributed by atoms with van der Waals surface area (Å²) in [4.78, 5) is 13.1. The molecule has 21 heavy (non-hydrogen) atoms. The van der Waals surface area contributed by atoms with Crippen LogP contribution in [0, 0.1) is 6.92 Å². The molecule has 2 aromatic rings. The van der Waals surface area contributed by atoms with Crippen LogP contribution in [0.5, 0.6) is 0 Å². The van der Waals surface area contributed by atoms with Gasteiger partial charge in [-0.3, -0.25) is 9.58 Å². The molecular formula is C14H19ClN6. The Hall–Kier alpha value is -1.66. The summed E-state index contributed by atoms with van der Waals surface area (Å²) in [6, 6.07) is 0. The van der Waals surface area contributed by atoms with Crippen LogP contribution >= 0.6 is 11.6 Å². The first-order chi connectivity index (χ1) is 10.1. The fraction of sp³-hybridized carbons (Fsp3) is 0.500. The van der Waals surface area contributed by atoms with Gasteiger partial charge in [-0.2, -0.15) is 5.10 Å². The molecule has 0 atom stereocenters. The second-order valence-electron chi connectivity index (χ2n) is 5.35. The third kappa shape index (κ3) is 3.16. The van der Waals surface area contributed by atoms with Gasteiger partial charge in [-0.15, -0.1) is 0 Å². The smallest absolute Gasteiger partial charge is 0.171 e. The van der Waals surface area contributed by atoms with Crippen molar-refractivity contribution in [3.63, 3.8) is 0 Å². The maximum absolute atomic E-state index is 6.11. The topological polar surface area (TPSA) is 50.1 Å². The van der Waals surface area contributed by atoms with Gasteiger partial charge in [-0.25, -0.2) is 9.97 Å². The van der Waals surface area contributed by atoms with E-state index in [9.17, 15) is 0 Å². The number of aryl methyl sites for hydroxylation is 2. The summed E-state index contributed by atoms with van der Waals surface area (Å²) in [5.41, 5.74) is 2.40. The van der Waals surface area contributed by atoms with Gasteiger partial charge < -0.3 is 4.90 Å². The Labute approximate surface area is 129 Å². The molecule has 0 N–H and O–H groups in total. The van der Waals surface area contributed by atoms with E-state index in [4.69, 9.17) is 11.6 Å². The van der Waals surface area contributed by atoms with E-state index in [1.165, 1.54) is 5.56 Å². The van der Waals surface area contributed by atoms with Gasteiger partial charge in [0, 0.05) is 63.9 Å². The standard InChI is InChI=1S/C14H19ClN6/c1-11-12(9-19(2)18-11)10-20-5-7-21(8-6-20)14-13(15)16-3-4-17-14/h3-4,9H,5-8,10H2,1-2H3. The van der Waals surface area contributed by atoms with Gasteiger partial charge in [-0.05, 0) is 6.92 Å². The molecule has 0 aromatic carbocycles. The van der Waals surface area contributed by atoms with Crippen LogP contribution in [-0.4, -0.2) is 50.8 Å². The van der Waals surface area contributed by atoms with E-state index in [1.807, 2.05) is 11.7 Å². The normalized spacial score (nSPS) is 16.4. The summed E-state index contributed by atoms with van der Waals surface area (Å²) in [7, 11) is 1.96. The summed E-state index contributed by atoms with van der Waals surface area (Å²) in [5.74, 6) is 0.788. The molecule has 1 aliphatic heterocycles. The molecule has 3 rings (SSSR count). The number of hydrogen-bond acceptors (Lipinski definition) is 5. The third-order valence-electron chi connectivity index (χ3n) is 3.82. The van der Waals surface area contributed by atoms with Crippen molar-refractivity contribution in [2.45, 2.75) is 13.5 Å². The van der Waals surface area contributed by atoms with Crippen molar-refractivity contribution in [3.8, 4) is 0 Å². The lowest BCUT2D eigenvalue weighted by atomic mass is 10.2. The van der Waals surface area contributed by atoms with Crippen LogP contribution in [0.2, 0.25) is 5.15 Å². The van der Waals surface area contributed by atoms with Crippen LogP contribution in [0.3, 0.4) is 0 Å². The first-order valence-corrected chi connectivity index (χ1v) is 7.44. The van der Waals surface area contributed by atoms with E-state index < -0.39 is 0 Å². The highest BCUT2D eigenvalue weighted by molar-refractivity contribution is 6.31. The van der Waals surface area contributed by atoms with E-state index in [1.54, 1.807) is 12.4 Å². The Balaban J connectivity index is 1.60. The summed E-state index contributed by atoms with van der Waals surface area (Å²) in [6.07, 6.45) is 5.40. The highest BCUT2D eigenvalue weighted by Gasteiger charge is 2.21. The molecule has 0 spiro atoms. The van der Waals surface area contributed by atoms with Gasteiger partial charge in [-0.1, -0.05) is 11.6 Å². The van der Waals surface area contributed by atoms with E-state index in [0.29, 0.717) is 5.15 Å². The molecule has 112 valence electrons. The van der Waals surface area contributed by atoms with Gasteiger partial charge in [0.1, 0.15) is 0 Å². The quantitative estimate of drug-likeness (QED) is 0.860. The van der Waals surface area contributed by atoms with Crippen molar-refractivity contribution in [1.82, 2.24) is 24.6 Å². The lowest BCUT2D eigenvalue weighted by molar-refractivity contribution is 0.249. The zero-order chi connectivity index (χ0) is 14.8. The lowest BCUT2D eigenvalue weighted by Gasteiger charge is -2.35. The fourth-order valence-electron chi connectivity index (χ4n) is 2.69. The van der Waals surface area contributed by atoms with Gasteiger partial charge in [0.15, 0.2) is 11.0 Å². The molecule has 1 saturated heterocycles. The molecule has 0 aliphatic carbocycles. The fourth-order valence-corrected chi connectivity index (χ4v) is 2.91. The van der Waals surface area contributed by atoms with Crippen molar-refractivity contribution in [3.05, 3.63) is 35.0 Å². The summed E-state index contributed by atoms with van der Waals surface area (Å²) >= 11 is 6.11. The number of halogens is 1. The van der Waals surface area contributed by atoms with Gasteiger partial charge >= 0.3 is 0 Å². The predicted molar refractivity (Wildman–Crippen MR) is 82.5 cm³/mol. The Bertz CT molecular complexity index is 618. The lowest BCUT2D eigenvalue weighted by Crippen LogP contribution is -2.46. The summed E-state index contributed by atoms with van der Waals surface area (Å²) in [6.45, 7) is 6.81. The molecule has 0 saturated carbocycles. The molecule has 3 heterocycles. The summed E-state index contributed by atoms with van der Waals surface area (Å²) in [5, 5.41) is 4.88. The second kappa shape index (κ2) is 5.99. The van der Waals surface area contributed by atoms with Crippen molar-refractivity contribution >= 4 is 17.4 Å². The Morgan fingerprint density at radius 2 is 1.86 bits per heavy atom. The SMILES string of the molecule is Cc1nn(C)cc1CN1CCN(c2nccnc2Cl)CC1. The molecular weight excluding hydrogens is 288 g/mol. The van der Waals surface area contributed by atoms with Gasteiger partial charge in [0.25, 0.3) is 0 Å². The van der Waals surface area contributed by atoms with E-state index in [0.717, 1.165) is 44.2 Å². The van der Waals surface area contributed by atoms with Crippen molar-refractivity contribution < 1.29 is 0 Å². The molecule has 0 radical (unpaired) electrons. The molecule has 1 fully saturated rings. The Morgan fingerprint density at radius 3 is 2.48 bits per heavy atom. The zero-order valence-corrected chi connectivity index (χ0v) is 13.1. The number of anilines is 1. The molecule has 0 unspecified atom stereocenters. The average Bonchev–Trinajstić information content (AvgIpc) is 2.78. The van der Waals surface area contributed by atoms with E-state index >= 15 is 0 Å². The maximum atomic E-state index is 6.11. The van der Waals surface area contributed by atoms with Gasteiger partial charge in [0.2, 0.25) is 0 Å². The van der Waals surface area contributed by atoms with Crippen molar-refractivity contribution in [2.75, 3.05) is 31.1 Å². The second-order valence-corrected chi connectivity index (χ2v) is 5.71. The van der Waals surface area contributed by atoms with Crippen molar-refractivity contribution in [1.29, 1.82) is 0 Å². The number of piperazine rings is 1. The van der Waals surface area contributed by atoms with Crippen LogP contribution < -0.4 is 4.90 Å². The molecule has 1 aliphatic rings. The molecule has 0 bridgehead atoms. The largest absolute Gasteiger partial charge is 0.351 e. The first kappa shape index (κ1) is 14.3. The zero-order valence-electron chi connectivity index (χ0n) is 12.3. The molecule has 2 aromatic heterocycles. The van der Waals surface area contributed by atoms with Crippen LogP contribution in [0.15, 0.2) is 18.6 Å². The monoisotopic (exact) mass is 306 g/mol. The van der Waals surface area contributed by atoms with E-state index in [-0.39, 0.29) is 0 Å². The third-order valence-corrected chi connectivity index (χ3v) is 4.08. The van der Waals surface area contributed by atoms with Crippen LogP contribution in [0.4, 0.5) is 5.82 Å². The average molecular weight is 307 g/mol. The van der Waals surface area contributed by atoms with Crippen LogP contribution in [0.25, 0.3) is 0 Å². The van der Waals surface area contributed by atoms with E-state index in [2.05, 4.69) is 38.0 Å². The van der Waals surface area contributed by atoms with Crippen LogP contribution in [0.1, 0.15) is 11.3 Å². The number of aromatic nitrogens is 4. The first-order valence-electron chi connectivity index (χ1n) is 7.06. The van der Waals surface area contributed by atoms with Gasteiger partial charge in [0.05, 0.1) is 5.69 Å². The molecule has 7 heteroatoms. The Morgan fingerprint density at radius 1 is 1.14 bits per heavy atom. The number of nitrogens with zero attached hydrogens (tertiary/aromatic N) is 6. The minimum Gasteiger partial charge on any atom is -0.351 e. The maximum Gasteiger partial charge on any atom is 0.171 e. The molecule has 0 amide bonds. The summed E-state index contributed by atoms with van der Waals surface area (Å²) < 4.78 is 1.88. The molecule has 6 nitrogen and oxygen atoms in total. The minimum absolute atomic E-state index is 0.481. The van der Waals surface area contributed by atoms with Crippen molar-refractivity contribution in [2.24, 2.45) is 7.05 Å². The highest BCUT2D eigenvalue weighted by atomic mass is 35.5. The minimum atomic E-state index is 0.481. The van der Waals surface area contributed by atoms with Crippen LogP contribution in [-0.2, 0) is 13.6 Å². The number of hydrogen-bond donors (Lipinski definition) is 0.